The summed E-state index contributed by atoms with van der Waals surface area (Å²) in [5.74, 6) is -0.371. The molecule has 0 bridgehead atoms. The quantitative estimate of drug-likeness (QED) is 0.879. The van der Waals surface area contributed by atoms with E-state index in [9.17, 15) is 12.8 Å². The number of anilines is 1. The number of rotatable bonds is 4. The summed E-state index contributed by atoms with van der Waals surface area (Å²) in [4.78, 5) is 0.246. The first-order valence-corrected chi connectivity index (χ1v) is 8.31. The molecular formula is C16H18FNO2S. The van der Waals surface area contributed by atoms with Gasteiger partial charge in [0, 0.05) is 5.69 Å². The Morgan fingerprint density at radius 3 is 2.24 bits per heavy atom. The molecule has 5 heteroatoms. The van der Waals surface area contributed by atoms with E-state index in [1.54, 1.807) is 12.1 Å². The molecule has 0 amide bonds. The van der Waals surface area contributed by atoms with Crippen LogP contribution < -0.4 is 5.73 Å². The normalized spacial score (nSPS) is 11.8. The number of hydrogen-bond donors (Lipinski definition) is 1. The standard InChI is InChI=1S/C16H18FNO2S/c1-11(2)12-4-7-15(8-5-12)21(19,20)10-13-3-6-14(17)9-16(13)18/h3-9,11H,10,18H2,1-2H3. The second-order valence-corrected chi connectivity index (χ2v) is 7.32. The molecular weight excluding hydrogens is 289 g/mol. The van der Waals surface area contributed by atoms with Crippen molar-refractivity contribution < 1.29 is 12.8 Å². The highest BCUT2D eigenvalue weighted by Crippen LogP contribution is 2.23. The van der Waals surface area contributed by atoms with Gasteiger partial charge in [-0.25, -0.2) is 12.8 Å². The van der Waals surface area contributed by atoms with Crippen LogP contribution in [0.3, 0.4) is 0 Å². The molecule has 0 aromatic heterocycles. The van der Waals surface area contributed by atoms with Crippen LogP contribution in [0.1, 0.15) is 30.9 Å². The molecule has 0 saturated carbocycles. The van der Waals surface area contributed by atoms with Crippen molar-refractivity contribution in [1.82, 2.24) is 0 Å². The second kappa shape index (κ2) is 5.85. The van der Waals surface area contributed by atoms with Gasteiger partial charge in [0.15, 0.2) is 9.84 Å². The highest BCUT2D eigenvalue weighted by atomic mass is 32.2. The van der Waals surface area contributed by atoms with Crippen LogP contribution in [-0.4, -0.2) is 8.42 Å². The first-order valence-electron chi connectivity index (χ1n) is 6.66. The Hall–Kier alpha value is -1.88. The van der Waals surface area contributed by atoms with E-state index in [0.29, 0.717) is 11.5 Å². The van der Waals surface area contributed by atoms with Crippen molar-refractivity contribution in [2.45, 2.75) is 30.4 Å². The van der Waals surface area contributed by atoms with E-state index in [1.165, 1.54) is 12.1 Å². The van der Waals surface area contributed by atoms with Gasteiger partial charge in [-0.3, -0.25) is 0 Å². The zero-order valence-electron chi connectivity index (χ0n) is 12.0. The molecule has 0 aliphatic rings. The van der Waals surface area contributed by atoms with E-state index in [-0.39, 0.29) is 16.3 Å². The Morgan fingerprint density at radius 1 is 1.10 bits per heavy atom. The molecule has 0 radical (unpaired) electrons. The maximum Gasteiger partial charge on any atom is 0.182 e. The smallest absolute Gasteiger partial charge is 0.182 e. The van der Waals surface area contributed by atoms with Crippen molar-refractivity contribution in [3.05, 3.63) is 59.4 Å². The minimum Gasteiger partial charge on any atom is -0.398 e. The van der Waals surface area contributed by atoms with Gasteiger partial charge in [0.25, 0.3) is 0 Å². The summed E-state index contributed by atoms with van der Waals surface area (Å²) in [7, 11) is -3.49. The molecule has 21 heavy (non-hydrogen) atoms. The molecule has 2 rings (SSSR count). The van der Waals surface area contributed by atoms with Crippen LogP contribution in [0.25, 0.3) is 0 Å². The van der Waals surface area contributed by atoms with Crippen LogP contribution in [0.2, 0.25) is 0 Å². The number of nitrogen functional groups attached to an aromatic ring is 1. The molecule has 0 saturated heterocycles. The zero-order valence-corrected chi connectivity index (χ0v) is 12.8. The third-order valence-corrected chi connectivity index (χ3v) is 5.04. The average molecular weight is 307 g/mol. The molecule has 0 fully saturated rings. The Kier molecular flexibility index (Phi) is 4.32. The molecule has 0 spiro atoms. The SMILES string of the molecule is CC(C)c1ccc(S(=O)(=O)Cc2ccc(F)cc2N)cc1. The fourth-order valence-electron chi connectivity index (χ4n) is 2.05. The maximum atomic E-state index is 13.0. The summed E-state index contributed by atoms with van der Waals surface area (Å²) in [5.41, 5.74) is 7.30. The van der Waals surface area contributed by atoms with Gasteiger partial charge < -0.3 is 5.73 Å². The van der Waals surface area contributed by atoms with Gasteiger partial charge in [0.05, 0.1) is 10.6 Å². The first kappa shape index (κ1) is 15.5. The van der Waals surface area contributed by atoms with Gasteiger partial charge >= 0.3 is 0 Å². The van der Waals surface area contributed by atoms with Crippen LogP contribution in [0.4, 0.5) is 10.1 Å². The lowest BCUT2D eigenvalue weighted by Crippen LogP contribution is -2.07. The average Bonchev–Trinajstić information content (AvgIpc) is 2.42. The van der Waals surface area contributed by atoms with E-state index in [1.807, 2.05) is 26.0 Å². The van der Waals surface area contributed by atoms with E-state index < -0.39 is 15.7 Å². The topological polar surface area (TPSA) is 60.2 Å². The monoisotopic (exact) mass is 307 g/mol. The Balaban J connectivity index is 2.29. The fourth-order valence-corrected chi connectivity index (χ4v) is 3.44. The van der Waals surface area contributed by atoms with Crippen LogP contribution in [-0.2, 0) is 15.6 Å². The van der Waals surface area contributed by atoms with Crippen molar-refractivity contribution in [2.75, 3.05) is 5.73 Å². The molecule has 2 N–H and O–H groups in total. The first-order chi connectivity index (χ1) is 9.79. The minimum atomic E-state index is -3.49. The van der Waals surface area contributed by atoms with Crippen LogP contribution in [0.5, 0.6) is 0 Å². The summed E-state index contributed by atoms with van der Waals surface area (Å²) >= 11 is 0. The summed E-state index contributed by atoms with van der Waals surface area (Å²) in [6, 6.07) is 10.6. The third-order valence-electron chi connectivity index (χ3n) is 3.36. The molecule has 0 atom stereocenters. The van der Waals surface area contributed by atoms with Gasteiger partial charge in [0.2, 0.25) is 0 Å². The molecule has 0 unspecified atom stereocenters. The van der Waals surface area contributed by atoms with Crippen LogP contribution in [0.15, 0.2) is 47.4 Å². The number of benzene rings is 2. The molecule has 2 aromatic rings. The Labute approximate surface area is 124 Å². The van der Waals surface area contributed by atoms with Crippen molar-refractivity contribution in [2.24, 2.45) is 0 Å². The number of hydrogen-bond acceptors (Lipinski definition) is 3. The van der Waals surface area contributed by atoms with Gasteiger partial charge in [-0.1, -0.05) is 32.0 Å². The highest BCUT2D eigenvalue weighted by molar-refractivity contribution is 7.90. The molecule has 2 aromatic carbocycles. The van der Waals surface area contributed by atoms with Gasteiger partial charge in [-0.2, -0.15) is 0 Å². The molecule has 0 aliphatic heterocycles. The summed E-state index contributed by atoms with van der Waals surface area (Å²) in [5, 5.41) is 0. The van der Waals surface area contributed by atoms with Gasteiger partial charge in [-0.05, 0) is 41.3 Å². The van der Waals surface area contributed by atoms with Crippen molar-refractivity contribution >= 4 is 15.5 Å². The summed E-state index contributed by atoms with van der Waals surface area (Å²) < 4.78 is 37.7. The molecule has 0 aliphatic carbocycles. The number of halogens is 1. The van der Waals surface area contributed by atoms with Gasteiger partial charge in [0.1, 0.15) is 5.82 Å². The van der Waals surface area contributed by atoms with Crippen LogP contribution >= 0.6 is 0 Å². The molecule has 112 valence electrons. The summed E-state index contributed by atoms with van der Waals surface area (Å²) in [6.07, 6.45) is 0. The largest absolute Gasteiger partial charge is 0.398 e. The Morgan fingerprint density at radius 2 is 1.71 bits per heavy atom. The fraction of sp³-hybridized carbons (Fsp3) is 0.250. The number of sulfone groups is 1. The van der Waals surface area contributed by atoms with Gasteiger partial charge in [-0.15, -0.1) is 0 Å². The molecule has 0 heterocycles. The minimum absolute atomic E-state index is 0.150. The second-order valence-electron chi connectivity index (χ2n) is 5.33. The predicted molar refractivity (Wildman–Crippen MR) is 82.2 cm³/mol. The lowest BCUT2D eigenvalue weighted by Gasteiger charge is -2.09. The van der Waals surface area contributed by atoms with Crippen molar-refractivity contribution in [3.63, 3.8) is 0 Å². The van der Waals surface area contributed by atoms with Crippen molar-refractivity contribution in [3.8, 4) is 0 Å². The predicted octanol–water partition coefficient (Wildman–Crippen LogP) is 3.51. The van der Waals surface area contributed by atoms with E-state index in [0.717, 1.165) is 11.6 Å². The van der Waals surface area contributed by atoms with E-state index in [2.05, 4.69) is 0 Å². The Bertz CT molecular complexity index is 737. The lowest BCUT2D eigenvalue weighted by molar-refractivity contribution is 0.595. The highest BCUT2D eigenvalue weighted by Gasteiger charge is 2.17. The van der Waals surface area contributed by atoms with E-state index in [4.69, 9.17) is 5.73 Å². The summed E-state index contributed by atoms with van der Waals surface area (Å²) in [6.45, 7) is 4.09. The van der Waals surface area contributed by atoms with Crippen molar-refractivity contribution in [1.29, 1.82) is 0 Å². The lowest BCUT2D eigenvalue weighted by atomic mass is 10.0. The zero-order chi connectivity index (χ0) is 15.6. The maximum absolute atomic E-state index is 13.0. The van der Waals surface area contributed by atoms with E-state index >= 15 is 0 Å². The molecule has 3 nitrogen and oxygen atoms in total. The van der Waals surface area contributed by atoms with Crippen LogP contribution in [0, 0.1) is 5.82 Å². The number of nitrogens with two attached hydrogens (primary N) is 1. The third kappa shape index (κ3) is 3.61.